The van der Waals surface area contributed by atoms with E-state index in [1.807, 2.05) is 18.2 Å². The number of aryl methyl sites for hydroxylation is 2. The van der Waals surface area contributed by atoms with Gasteiger partial charge >= 0.3 is 0 Å². The highest BCUT2D eigenvalue weighted by atomic mass is 35.5. The summed E-state index contributed by atoms with van der Waals surface area (Å²) in [6.07, 6.45) is 2.00. The van der Waals surface area contributed by atoms with Crippen molar-refractivity contribution in [2.75, 3.05) is 12.4 Å². The van der Waals surface area contributed by atoms with Crippen molar-refractivity contribution in [2.24, 2.45) is 0 Å². The molecule has 0 bridgehead atoms. The standard InChI is InChI=1S/C18H14Cl2N2OS/c1-23-12-4-5-13-10(8-12)2-7-16-17(13)22-18(24-16)21-11-3-6-14(19)15(20)9-11/h3-6,8-9H,2,7H2,1H3,(H,21,22). The Morgan fingerprint density at radius 1 is 1.08 bits per heavy atom. The molecule has 2 aromatic carbocycles. The Morgan fingerprint density at radius 2 is 1.96 bits per heavy atom. The molecule has 1 N–H and O–H groups in total. The number of methoxy groups -OCH3 is 1. The van der Waals surface area contributed by atoms with Crippen LogP contribution in [0.25, 0.3) is 11.3 Å². The van der Waals surface area contributed by atoms with Crippen molar-refractivity contribution in [3.8, 4) is 17.0 Å². The lowest BCUT2D eigenvalue weighted by atomic mass is 9.93. The average molecular weight is 377 g/mol. The van der Waals surface area contributed by atoms with E-state index in [9.17, 15) is 0 Å². The number of anilines is 2. The number of nitrogens with zero attached hydrogens (tertiary/aromatic N) is 1. The second-order valence-corrected chi connectivity index (χ2v) is 7.47. The van der Waals surface area contributed by atoms with E-state index in [-0.39, 0.29) is 0 Å². The molecule has 1 aliphatic rings. The van der Waals surface area contributed by atoms with Gasteiger partial charge in [0.1, 0.15) is 5.75 Å². The van der Waals surface area contributed by atoms with Crippen LogP contribution in [-0.2, 0) is 12.8 Å². The normalized spacial score (nSPS) is 12.5. The molecule has 0 spiro atoms. The molecule has 1 heterocycles. The van der Waals surface area contributed by atoms with Crippen molar-refractivity contribution in [3.63, 3.8) is 0 Å². The van der Waals surface area contributed by atoms with Crippen LogP contribution >= 0.6 is 34.5 Å². The first-order chi connectivity index (χ1) is 11.6. The molecule has 0 amide bonds. The predicted octanol–water partition coefficient (Wildman–Crippen LogP) is 5.97. The summed E-state index contributed by atoms with van der Waals surface area (Å²) in [7, 11) is 1.69. The number of hydrogen-bond donors (Lipinski definition) is 1. The Kier molecular flexibility index (Phi) is 4.12. The van der Waals surface area contributed by atoms with E-state index in [1.54, 1.807) is 24.5 Å². The van der Waals surface area contributed by atoms with Crippen LogP contribution in [0, 0.1) is 0 Å². The van der Waals surface area contributed by atoms with Crippen molar-refractivity contribution in [1.82, 2.24) is 4.98 Å². The maximum absolute atomic E-state index is 6.08. The Balaban J connectivity index is 1.67. The molecule has 6 heteroatoms. The summed E-state index contributed by atoms with van der Waals surface area (Å²) in [5.74, 6) is 0.890. The van der Waals surface area contributed by atoms with Crippen LogP contribution in [-0.4, -0.2) is 12.1 Å². The number of nitrogens with one attached hydrogen (secondary N) is 1. The van der Waals surface area contributed by atoms with Crippen molar-refractivity contribution in [3.05, 3.63) is 56.9 Å². The minimum Gasteiger partial charge on any atom is -0.497 e. The van der Waals surface area contributed by atoms with Crippen molar-refractivity contribution in [1.29, 1.82) is 0 Å². The number of rotatable bonds is 3. The molecule has 3 aromatic rings. The number of aromatic nitrogens is 1. The minimum absolute atomic E-state index is 0.528. The molecule has 1 aromatic heterocycles. The smallest absolute Gasteiger partial charge is 0.187 e. The second kappa shape index (κ2) is 6.28. The molecule has 0 atom stereocenters. The van der Waals surface area contributed by atoms with Gasteiger partial charge in [-0.2, -0.15) is 0 Å². The molecule has 1 aliphatic carbocycles. The monoisotopic (exact) mass is 376 g/mol. The predicted molar refractivity (Wildman–Crippen MR) is 101 cm³/mol. The number of hydrogen-bond acceptors (Lipinski definition) is 4. The number of benzene rings is 2. The quantitative estimate of drug-likeness (QED) is 0.611. The molecule has 24 heavy (non-hydrogen) atoms. The largest absolute Gasteiger partial charge is 0.497 e. The highest BCUT2D eigenvalue weighted by molar-refractivity contribution is 7.16. The third-order valence-electron chi connectivity index (χ3n) is 4.06. The molecule has 4 rings (SSSR count). The maximum Gasteiger partial charge on any atom is 0.187 e. The van der Waals surface area contributed by atoms with E-state index in [2.05, 4.69) is 17.4 Å². The molecule has 0 fully saturated rings. The Bertz CT molecular complexity index is 923. The number of fused-ring (bicyclic) bond motifs is 3. The van der Waals surface area contributed by atoms with Crippen LogP contribution in [0.5, 0.6) is 5.75 Å². The summed E-state index contributed by atoms with van der Waals surface area (Å²) >= 11 is 13.7. The molecule has 3 nitrogen and oxygen atoms in total. The fourth-order valence-corrected chi connectivity index (χ4v) is 4.16. The molecule has 0 radical (unpaired) electrons. The Hall–Kier alpha value is -1.75. The molecular formula is C18H14Cl2N2OS. The van der Waals surface area contributed by atoms with Gasteiger partial charge in [0.25, 0.3) is 0 Å². The van der Waals surface area contributed by atoms with Gasteiger partial charge in [-0.15, -0.1) is 11.3 Å². The third kappa shape index (κ3) is 2.86. The van der Waals surface area contributed by atoms with Crippen LogP contribution in [0.1, 0.15) is 10.4 Å². The molecular weight excluding hydrogens is 363 g/mol. The summed E-state index contributed by atoms with van der Waals surface area (Å²) < 4.78 is 5.32. The topological polar surface area (TPSA) is 34.1 Å². The first-order valence-electron chi connectivity index (χ1n) is 7.53. The van der Waals surface area contributed by atoms with E-state index >= 15 is 0 Å². The second-order valence-electron chi connectivity index (χ2n) is 5.57. The van der Waals surface area contributed by atoms with Crippen molar-refractivity contribution in [2.45, 2.75) is 12.8 Å². The Morgan fingerprint density at radius 3 is 2.75 bits per heavy atom. The van der Waals surface area contributed by atoms with Crippen LogP contribution in [0.15, 0.2) is 36.4 Å². The van der Waals surface area contributed by atoms with Gasteiger partial charge in [0.05, 0.1) is 22.8 Å². The van der Waals surface area contributed by atoms with Gasteiger partial charge in [-0.05, 0) is 54.8 Å². The van der Waals surface area contributed by atoms with E-state index in [0.717, 1.165) is 35.1 Å². The van der Waals surface area contributed by atoms with Gasteiger partial charge in [0, 0.05) is 16.1 Å². The van der Waals surface area contributed by atoms with Gasteiger partial charge in [0.15, 0.2) is 5.13 Å². The van der Waals surface area contributed by atoms with Gasteiger partial charge in [-0.3, -0.25) is 0 Å². The van der Waals surface area contributed by atoms with Crippen molar-refractivity contribution >= 4 is 45.4 Å². The first-order valence-corrected chi connectivity index (χ1v) is 9.10. The maximum atomic E-state index is 6.08. The molecule has 0 saturated carbocycles. The highest BCUT2D eigenvalue weighted by Gasteiger charge is 2.21. The lowest BCUT2D eigenvalue weighted by Gasteiger charge is -2.15. The molecule has 122 valence electrons. The van der Waals surface area contributed by atoms with Crippen molar-refractivity contribution < 1.29 is 4.74 Å². The van der Waals surface area contributed by atoms with E-state index in [0.29, 0.717) is 10.0 Å². The van der Waals surface area contributed by atoms with Crippen LogP contribution in [0.4, 0.5) is 10.8 Å². The van der Waals surface area contributed by atoms with Gasteiger partial charge in [-0.1, -0.05) is 23.2 Å². The van der Waals surface area contributed by atoms with Gasteiger partial charge in [-0.25, -0.2) is 4.98 Å². The minimum atomic E-state index is 0.528. The first kappa shape index (κ1) is 15.8. The van der Waals surface area contributed by atoms with E-state index in [4.69, 9.17) is 32.9 Å². The SMILES string of the molecule is COc1ccc2c(c1)CCc1sc(Nc3ccc(Cl)c(Cl)c3)nc1-2. The zero-order chi connectivity index (χ0) is 16.7. The third-order valence-corrected chi connectivity index (χ3v) is 5.83. The molecule has 0 unspecified atom stereocenters. The molecule has 0 aliphatic heterocycles. The van der Waals surface area contributed by atoms with E-state index < -0.39 is 0 Å². The average Bonchev–Trinajstić information content (AvgIpc) is 3.00. The van der Waals surface area contributed by atoms with Crippen LogP contribution < -0.4 is 10.1 Å². The number of thiazole rings is 1. The summed E-state index contributed by atoms with van der Waals surface area (Å²) in [6.45, 7) is 0. The summed E-state index contributed by atoms with van der Waals surface area (Å²) in [5, 5.41) is 5.26. The summed E-state index contributed by atoms with van der Waals surface area (Å²) in [6, 6.07) is 11.7. The summed E-state index contributed by atoms with van der Waals surface area (Å²) in [4.78, 5) is 6.09. The van der Waals surface area contributed by atoms with Crippen LogP contribution in [0.2, 0.25) is 10.0 Å². The fraction of sp³-hybridized carbons (Fsp3) is 0.167. The zero-order valence-corrected chi connectivity index (χ0v) is 15.2. The van der Waals surface area contributed by atoms with Gasteiger partial charge < -0.3 is 10.1 Å². The lowest BCUT2D eigenvalue weighted by molar-refractivity contribution is 0.414. The Labute approximate surface area is 154 Å². The highest BCUT2D eigenvalue weighted by Crippen LogP contribution is 2.40. The lowest BCUT2D eigenvalue weighted by Crippen LogP contribution is -2.02. The van der Waals surface area contributed by atoms with E-state index in [1.165, 1.54) is 16.0 Å². The van der Waals surface area contributed by atoms with Crippen LogP contribution in [0.3, 0.4) is 0 Å². The number of ether oxygens (including phenoxy) is 1. The number of halogens is 2. The van der Waals surface area contributed by atoms with Gasteiger partial charge in [0.2, 0.25) is 0 Å². The molecule has 0 saturated heterocycles. The zero-order valence-electron chi connectivity index (χ0n) is 12.9. The summed E-state index contributed by atoms with van der Waals surface area (Å²) in [5.41, 5.74) is 4.42. The fourth-order valence-electron chi connectivity index (χ4n) is 2.87.